The van der Waals surface area contributed by atoms with Gasteiger partial charge in [-0.05, 0) is 96.3 Å². The van der Waals surface area contributed by atoms with Crippen molar-refractivity contribution >= 4 is 17.9 Å². The summed E-state index contributed by atoms with van der Waals surface area (Å²) in [5.74, 6) is -0.961. The van der Waals surface area contributed by atoms with E-state index in [1.165, 1.54) is 83.5 Å². The monoisotopic (exact) mass is 863 g/mol. The molecule has 62 heavy (non-hydrogen) atoms. The van der Waals surface area contributed by atoms with Gasteiger partial charge in [0.15, 0.2) is 6.10 Å². The van der Waals surface area contributed by atoms with E-state index in [-0.39, 0.29) is 31.1 Å². The Bertz CT molecular complexity index is 1220. The third-order valence-electron chi connectivity index (χ3n) is 10.6. The Morgan fingerprint density at radius 1 is 0.339 bits per heavy atom. The normalized spacial score (nSPS) is 12.8. The second-order valence-corrected chi connectivity index (χ2v) is 16.7. The summed E-state index contributed by atoms with van der Waals surface area (Å²) in [5.41, 5.74) is 0. The Kier molecular flexibility index (Phi) is 47.5. The number of rotatable bonds is 45. The molecular weight excluding hydrogens is 769 g/mol. The minimum Gasteiger partial charge on any atom is -0.462 e. The SMILES string of the molecule is CC/C=C\C/C=C\C/C=C\C/C=C\CCCCCCC(=O)OC[C@H](COC(=O)CCCC/C=C\C/C=C\C/C=C\CCCCC)OC(=O)CCCCCCCCCCCCCC. The van der Waals surface area contributed by atoms with Crippen molar-refractivity contribution in [1.82, 2.24) is 0 Å². The van der Waals surface area contributed by atoms with Gasteiger partial charge in [0, 0.05) is 19.3 Å². The Labute approximate surface area is 382 Å². The summed E-state index contributed by atoms with van der Waals surface area (Å²) >= 11 is 0. The summed E-state index contributed by atoms with van der Waals surface area (Å²) < 4.78 is 16.7. The largest absolute Gasteiger partial charge is 0.462 e. The molecule has 0 bridgehead atoms. The lowest BCUT2D eigenvalue weighted by Crippen LogP contribution is -2.30. The van der Waals surface area contributed by atoms with Gasteiger partial charge in [-0.25, -0.2) is 0 Å². The number of ether oxygens (including phenoxy) is 3. The van der Waals surface area contributed by atoms with Crippen LogP contribution in [0.3, 0.4) is 0 Å². The molecule has 0 fully saturated rings. The first-order valence-corrected chi connectivity index (χ1v) is 25.6. The number of carbonyl (C=O) groups is 3. The second-order valence-electron chi connectivity index (χ2n) is 16.7. The van der Waals surface area contributed by atoms with Crippen molar-refractivity contribution in [3.63, 3.8) is 0 Å². The van der Waals surface area contributed by atoms with E-state index in [0.717, 1.165) is 109 Å². The van der Waals surface area contributed by atoms with E-state index in [9.17, 15) is 14.4 Å². The fourth-order valence-electron chi connectivity index (χ4n) is 6.79. The topological polar surface area (TPSA) is 78.9 Å². The number of hydrogen-bond acceptors (Lipinski definition) is 6. The zero-order valence-corrected chi connectivity index (χ0v) is 40.4. The molecule has 0 spiro atoms. The molecular formula is C56H94O6. The van der Waals surface area contributed by atoms with Gasteiger partial charge in [0.2, 0.25) is 0 Å². The van der Waals surface area contributed by atoms with E-state index >= 15 is 0 Å². The van der Waals surface area contributed by atoms with Crippen LogP contribution in [0.4, 0.5) is 0 Å². The molecule has 0 aromatic heterocycles. The highest BCUT2D eigenvalue weighted by atomic mass is 16.6. The van der Waals surface area contributed by atoms with Crippen molar-refractivity contribution in [2.75, 3.05) is 13.2 Å². The van der Waals surface area contributed by atoms with E-state index in [2.05, 4.69) is 106 Å². The molecule has 0 unspecified atom stereocenters. The number of carbonyl (C=O) groups excluding carboxylic acids is 3. The summed E-state index contributed by atoms with van der Waals surface area (Å²) in [6, 6.07) is 0. The number of unbranched alkanes of at least 4 members (excludes halogenated alkanes) is 20. The molecule has 0 radical (unpaired) electrons. The van der Waals surface area contributed by atoms with Gasteiger partial charge in [-0.15, -0.1) is 0 Å². The molecule has 0 saturated heterocycles. The maximum atomic E-state index is 12.8. The van der Waals surface area contributed by atoms with Crippen LogP contribution in [0, 0.1) is 0 Å². The Morgan fingerprint density at radius 3 is 1.05 bits per heavy atom. The van der Waals surface area contributed by atoms with Gasteiger partial charge in [-0.1, -0.05) is 202 Å². The van der Waals surface area contributed by atoms with E-state index in [1.807, 2.05) is 0 Å². The molecule has 0 amide bonds. The van der Waals surface area contributed by atoms with Crippen LogP contribution < -0.4 is 0 Å². The first-order valence-electron chi connectivity index (χ1n) is 25.6. The maximum Gasteiger partial charge on any atom is 0.306 e. The number of hydrogen-bond donors (Lipinski definition) is 0. The maximum absolute atomic E-state index is 12.8. The summed E-state index contributed by atoms with van der Waals surface area (Å²) in [6.45, 7) is 6.43. The predicted octanol–water partition coefficient (Wildman–Crippen LogP) is 16.8. The zero-order valence-electron chi connectivity index (χ0n) is 40.4. The molecule has 0 aliphatic heterocycles. The Balaban J connectivity index is 4.47. The van der Waals surface area contributed by atoms with Crippen molar-refractivity contribution in [3.05, 3.63) is 85.1 Å². The van der Waals surface area contributed by atoms with Crippen LogP contribution in [0.2, 0.25) is 0 Å². The lowest BCUT2D eigenvalue weighted by atomic mass is 10.0. The van der Waals surface area contributed by atoms with E-state index < -0.39 is 6.10 Å². The molecule has 0 N–H and O–H groups in total. The molecule has 0 aliphatic rings. The molecule has 0 heterocycles. The quantitative estimate of drug-likeness (QED) is 0.0263. The smallest absolute Gasteiger partial charge is 0.306 e. The minimum absolute atomic E-state index is 0.101. The zero-order chi connectivity index (χ0) is 45.1. The van der Waals surface area contributed by atoms with Gasteiger partial charge < -0.3 is 14.2 Å². The van der Waals surface area contributed by atoms with Gasteiger partial charge in [0.25, 0.3) is 0 Å². The van der Waals surface area contributed by atoms with E-state index in [1.54, 1.807) is 0 Å². The first-order chi connectivity index (χ1) is 30.5. The molecule has 0 aromatic rings. The Morgan fingerprint density at radius 2 is 0.629 bits per heavy atom. The summed E-state index contributed by atoms with van der Waals surface area (Å²) in [4.78, 5) is 37.9. The highest BCUT2D eigenvalue weighted by molar-refractivity contribution is 5.71. The molecule has 0 aromatic carbocycles. The van der Waals surface area contributed by atoms with Crippen LogP contribution in [-0.4, -0.2) is 37.2 Å². The summed E-state index contributed by atoms with van der Waals surface area (Å²) in [5, 5.41) is 0. The number of allylic oxidation sites excluding steroid dienone is 14. The highest BCUT2D eigenvalue weighted by Gasteiger charge is 2.19. The van der Waals surface area contributed by atoms with Crippen molar-refractivity contribution in [3.8, 4) is 0 Å². The van der Waals surface area contributed by atoms with Crippen LogP contribution in [0.1, 0.15) is 233 Å². The lowest BCUT2D eigenvalue weighted by Gasteiger charge is -2.18. The number of esters is 3. The third-order valence-corrected chi connectivity index (χ3v) is 10.6. The van der Waals surface area contributed by atoms with E-state index in [0.29, 0.717) is 19.3 Å². The molecule has 1 atom stereocenters. The highest BCUT2D eigenvalue weighted by Crippen LogP contribution is 2.14. The van der Waals surface area contributed by atoms with Gasteiger partial charge in [-0.2, -0.15) is 0 Å². The predicted molar refractivity (Wildman–Crippen MR) is 265 cm³/mol. The molecule has 354 valence electrons. The molecule has 0 rings (SSSR count). The van der Waals surface area contributed by atoms with Crippen LogP contribution in [0.15, 0.2) is 85.1 Å². The van der Waals surface area contributed by atoms with E-state index in [4.69, 9.17) is 14.2 Å². The van der Waals surface area contributed by atoms with Crippen molar-refractivity contribution in [2.45, 2.75) is 239 Å². The minimum atomic E-state index is -0.800. The van der Waals surface area contributed by atoms with Crippen molar-refractivity contribution in [2.24, 2.45) is 0 Å². The van der Waals surface area contributed by atoms with Gasteiger partial charge in [-0.3, -0.25) is 14.4 Å². The molecule has 6 nitrogen and oxygen atoms in total. The summed E-state index contributed by atoms with van der Waals surface area (Å²) in [7, 11) is 0. The fraction of sp³-hybridized carbons (Fsp3) is 0.696. The van der Waals surface area contributed by atoms with Crippen LogP contribution in [0.5, 0.6) is 0 Å². The van der Waals surface area contributed by atoms with Crippen molar-refractivity contribution < 1.29 is 28.6 Å². The van der Waals surface area contributed by atoms with Crippen LogP contribution in [0.25, 0.3) is 0 Å². The van der Waals surface area contributed by atoms with Crippen LogP contribution in [-0.2, 0) is 28.6 Å². The standard InChI is InChI=1S/C56H94O6/c1-4-7-10-13-16-19-22-25-27-28-30-32-35-37-40-43-46-49-55(58)61-52-53(62-56(59)50-47-44-41-38-33-24-21-18-15-12-9-6-3)51-60-54(57)48-45-42-39-36-34-31-29-26-23-20-17-14-11-8-5-2/h7,10,16-17,19-20,25-27,29-30,32,34,36,53H,4-6,8-9,11-15,18,21-24,28,31,33,35,37-52H2,1-3H3/b10-7-,19-16-,20-17-,27-25-,29-26-,32-30-,36-34-/t53-/m0/s1. The van der Waals surface area contributed by atoms with Gasteiger partial charge >= 0.3 is 17.9 Å². The molecule has 0 aliphatic carbocycles. The average molecular weight is 863 g/mol. The second kappa shape index (κ2) is 50.2. The fourth-order valence-corrected chi connectivity index (χ4v) is 6.79. The molecule has 0 saturated carbocycles. The lowest BCUT2D eigenvalue weighted by molar-refractivity contribution is -0.167. The van der Waals surface area contributed by atoms with Crippen molar-refractivity contribution in [1.29, 1.82) is 0 Å². The average Bonchev–Trinajstić information content (AvgIpc) is 3.27. The van der Waals surface area contributed by atoms with Gasteiger partial charge in [0.1, 0.15) is 13.2 Å². The molecule has 6 heteroatoms. The third kappa shape index (κ3) is 47.6. The van der Waals surface area contributed by atoms with Crippen LogP contribution >= 0.6 is 0 Å². The Hall–Kier alpha value is -3.41. The summed E-state index contributed by atoms with van der Waals surface area (Å²) in [6.07, 6.45) is 64.2. The van der Waals surface area contributed by atoms with Gasteiger partial charge in [0.05, 0.1) is 0 Å². The first kappa shape index (κ1) is 58.6.